The minimum absolute atomic E-state index is 0.195. The van der Waals surface area contributed by atoms with Crippen molar-refractivity contribution in [2.75, 3.05) is 6.54 Å². The van der Waals surface area contributed by atoms with E-state index in [0.717, 1.165) is 24.8 Å². The van der Waals surface area contributed by atoms with E-state index in [1.807, 2.05) is 6.07 Å². The van der Waals surface area contributed by atoms with Crippen molar-refractivity contribution in [1.82, 2.24) is 14.9 Å². The van der Waals surface area contributed by atoms with Crippen LogP contribution >= 0.6 is 0 Å². The molecule has 1 aromatic carbocycles. The first-order chi connectivity index (χ1) is 13.1. The van der Waals surface area contributed by atoms with Crippen molar-refractivity contribution in [2.45, 2.75) is 38.6 Å². The molecule has 7 heteroatoms. The summed E-state index contributed by atoms with van der Waals surface area (Å²) in [5.74, 6) is 0.933. The molecule has 0 spiro atoms. The number of aromatic nitrogens is 2. The van der Waals surface area contributed by atoms with E-state index in [-0.39, 0.29) is 23.5 Å². The fraction of sp³-hybridized carbons (Fsp3) is 0.350. The van der Waals surface area contributed by atoms with Crippen LogP contribution in [0.2, 0.25) is 0 Å². The fourth-order valence-corrected chi connectivity index (χ4v) is 3.48. The monoisotopic (exact) mass is 369 g/mol. The Labute approximate surface area is 156 Å². The molecular weight excluding hydrogens is 349 g/mol. The number of nitrogens with zero attached hydrogens (tertiary/aromatic N) is 3. The molecule has 0 saturated carbocycles. The standard InChI is InChI=1S/C20H20FN3O3/c1-13-18(26-12-23-13)20(25)24-8-3-2-7-17(24)19-22-11-16(27-19)10-14-5-4-6-15(21)9-14/h4-6,9,11-12,17H,2-3,7-8,10H2,1H3/t17-/m1/s1. The SMILES string of the molecule is Cc1ncoc1C(=O)N1CCCC[C@@H]1c1ncc(Cc2cccc(F)c2)o1. The Morgan fingerprint density at radius 2 is 2.22 bits per heavy atom. The van der Waals surface area contributed by atoms with Crippen LogP contribution in [0.1, 0.15) is 58.8 Å². The highest BCUT2D eigenvalue weighted by atomic mass is 19.1. The smallest absolute Gasteiger partial charge is 0.292 e. The lowest BCUT2D eigenvalue weighted by molar-refractivity contribution is 0.0537. The van der Waals surface area contributed by atoms with Crippen LogP contribution in [0.4, 0.5) is 4.39 Å². The maximum absolute atomic E-state index is 13.4. The summed E-state index contributed by atoms with van der Waals surface area (Å²) in [4.78, 5) is 23.0. The lowest BCUT2D eigenvalue weighted by Crippen LogP contribution is -2.38. The molecule has 1 amide bonds. The van der Waals surface area contributed by atoms with Gasteiger partial charge in [-0.05, 0) is 43.9 Å². The van der Waals surface area contributed by atoms with Gasteiger partial charge in [-0.2, -0.15) is 0 Å². The number of halogens is 1. The fourth-order valence-electron chi connectivity index (χ4n) is 3.48. The molecule has 0 aliphatic carbocycles. The van der Waals surface area contributed by atoms with Gasteiger partial charge in [0.15, 0.2) is 6.39 Å². The van der Waals surface area contributed by atoms with Crippen molar-refractivity contribution in [3.05, 3.63) is 71.3 Å². The molecule has 27 heavy (non-hydrogen) atoms. The minimum atomic E-state index is -0.279. The highest BCUT2D eigenvalue weighted by Gasteiger charge is 2.34. The van der Waals surface area contributed by atoms with Crippen molar-refractivity contribution >= 4 is 5.91 Å². The van der Waals surface area contributed by atoms with E-state index in [1.54, 1.807) is 24.1 Å². The number of rotatable bonds is 4. The lowest BCUT2D eigenvalue weighted by atomic mass is 10.0. The maximum Gasteiger partial charge on any atom is 0.292 e. The zero-order chi connectivity index (χ0) is 18.8. The number of hydrogen-bond acceptors (Lipinski definition) is 5. The first kappa shape index (κ1) is 17.5. The van der Waals surface area contributed by atoms with Crippen molar-refractivity contribution in [2.24, 2.45) is 0 Å². The van der Waals surface area contributed by atoms with E-state index in [9.17, 15) is 9.18 Å². The van der Waals surface area contributed by atoms with Gasteiger partial charge in [0.05, 0.1) is 11.9 Å². The van der Waals surface area contributed by atoms with Gasteiger partial charge < -0.3 is 13.7 Å². The molecule has 3 aromatic rings. The molecule has 6 nitrogen and oxygen atoms in total. The summed E-state index contributed by atoms with van der Waals surface area (Å²) >= 11 is 0. The Kier molecular flexibility index (Phi) is 4.75. The van der Waals surface area contributed by atoms with Crippen molar-refractivity contribution < 1.29 is 18.0 Å². The van der Waals surface area contributed by atoms with E-state index in [1.165, 1.54) is 18.5 Å². The molecule has 1 atom stereocenters. The molecule has 1 fully saturated rings. The van der Waals surface area contributed by atoms with Crippen LogP contribution < -0.4 is 0 Å². The Morgan fingerprint density at radius 1 is 1.33 bits per heavy atom. The highest BCUT2D eigenvalue weighted by molar-refractivity contribution is 5.92. The number of likely N-dealkylation sites (tertiary alicyclic amines) is 1. The summed E-state index contributed by atoms with van der Waals surface area (Å²) in [6.07, 6.45) is 6.07. The molecule has 0 N–H and O–H groups in total. The van der Waals surface area contributed by atoms with Gasteiger partial charge in [-0.3, -0.25) is 4.79 Å². The summed E-state index contributed by atoms with van der Waals surface area (Å²) in [6, 6.07) is 6.16. The van der Waals surface area contributed by atoms with Crippen LogP contribution in [0.5, 0.6) is 0 Å². The third kappa shape index (κ3) is 3.63. The van der Waals surface area contributed by atoms with Gasteiger partial charge in [0, 0.05) is 13.0 Å². The van der Waals surface area contributed by atoms with Gasteiger partial charge in [-0.25, -0.2) is 14.4 Å². The van der Waals surface area contributed by atoms with Gasteiger partial charge in [-0.15, -0.1) is 0 Å². The van der Waals surface area contributed by atoms with Crippen LogP contribution in [-0.2, 0) is 6.42 Å². The number of carbonyl (C=O) groups is 1. The first-order valence-corrected chi connectivity index (χ1v) is 9.02. The average molecular weight is 369 g/mol. The molecule has 4 rings (SSSR count). The Morgan fingerprint density at radius 3 is 3.00 bits per heavy atom. The van der Waals surface area contributed by atoms with Crippen LogP contribution in [0.25, 0.3) is 0 Å². The van der Waals surface area contributed by atoms with Gasteiger partial charge >= 0.3 is 0 Å². The lowest BCUT2D eigenvalue weighted by Gasteiger charge is -2.33. The van der Waals surface area contributed by atoms with E-state index < -0.39 is 0 Å². The summed E-state index contributed by atoms with van der Waals surface area (Å²) in [5.41, 5.74) is 1.38. The third-order valence-corrected chi connectivity index (χ3v) is 4.83. The summed E-state index contributed by atoms with van der Waals surface area (Å²) in [7, 11) is 0. The number of piperidine rings is 1. The second kappa shape index (κ2) is 7.34. The number of carbonyl (C=O) groups excluding carboxylic acids is 1. The van der Waals surface area contributed by atoms with E-state index >= 15 is 0 Å². The van der Waals surface area contributed by atoms with Crippen LogP contribution in [0.15, 0.2) is 45.7 Å². The van der Waals surface area contributed by atoms with E-state index in [2.05, 4.69) is 9.97 Å². The van der Waals surface area contributed by atoms with E-state index in [4.69, 9.17) is 8.83 Å². The van der Waals surface area contributed by atoms with Crippen LogP contribution in [-0.4, -0.2) is 27.3 Å². The quantitative estimate of drug-likeness (QED) is 0.693. The predicted molar refractivity (Wildman–Crippen MR) is 94.6 cm³/mol. The molecule has 0 unspecified atom stereocenters. The second-order valence-electron chi connectivity index (χ2n) is 6.75. The zero-order valence-electron chi connectivity index (χ0n) is 15.0. The van der Waals surface area contributed by atoms with Gasteiger partial charge in [0.25, 0.3) is 5.91 Å². The van der Waals surface area contributed by atoms with Crippen molar-refractivity contribution in [1.29, 1.82) is 0 Å². The van der Waals surface area contributed by atoms with Crippen LogP contribution in [0, 0.1) is 12.7 Å². The molecule has 0 bridgehead atoms. The number of oxazole rings is 2. The zero-order valence-corrected chi connectivity index (χ0v) is 15.0. The Balaban J connectivity index is 1.55. The van der Waals surface area contributed by atoms with Crippen molar-refractivity contribution in [3.63, 3.8) is 0 Å². The molecular formula is C20H20FN3O3. The number of amides is 1. The largest absolute Gasteiger partial charge is 0.443 e. The maximum atomic E-state index is 13.4. The molecule has 140 valence electrons. The Hall–Kier alpha value is -2.96. The minimum Gasteiger partial charge on any atom is -0.443 e. The normalized spacial score (nSPS) is 17.3. The summed E-state index contributed by atoms with van der Waals surface area (Å²) < 4.78 is 24.6. The summed E-state index contributed by atoms with van der Waals surface area (Å²) in [5, 5.41) is 0. The van der Waals surface area contributed by atoms with E-state index in [0.29, 0.717) is 30.3 Å². The third-order valence-electron chi connectivity index (χ3n) is 4.83. The van der Waals surface area contributed by atoms with Gasteiger partial charge in [0.2, 0.25) is 11.7 Å². The molecule has 0 radical (unpaired) electrons. The molecule has 1 aliphatic rings. The molecule has 3 heterocycles. The molecule has 1 aliphatic heterocycles. The van der Waals surface area contributed by atoms with Crippen LogP contribution in [0.3, 0.4) is 0 Å². The average Bonchev–Trinajstić information content (AvgIpc) is 3.30. The van der Waals surface area contributed by atoms with Crippen molar-refractivity contribution in [3.8, 4) is 0 Å². The number of benzene rings is 1. The molecule has 1 saturated heterocycles. The topological polar surface area (TPSA) is 72.4 Å². The predicted octanol–water partition coefficient (Wildman–Crippen LogP) is 4.07. The first-order valence-electron chi connectivity index (χ1n) is 9.02. The Bertz CT molecular complexity index is 949. The highest BCUT2D eigenvalue weighted by Crippen LogP contribution is 2.32. The summed E-state index contributed by atoms with van der Waals surface area (Å²) in [6.45, 7) is 2.36. The van der Waals surface area contributed by atoms with Gasteiger partial charge in [0.1, 0.15) is 17.6 Å². The number of aryl methyl sites for hydroxylation is 1. The number of hydrogen-bond donors (Lipinski definition) is 0. The van der Waals surface area contributed by atoms with Gasteiger partial charge in [-0.1, -0.05) is 12.1 Å². The molecule has 2 aromatic heterocycles. The second-order valence-corrected chi connectivity index (χ2v) is 6.75.